The van der Waals surface area contributed by atoms with Crippen molar-refractivity contribution >= 4 is 5.91 Å². The Labute approximate surface area is 187 Å². The molecule has 0 atom stereocenters. The molecule has 0 aliphatic carbocycles. The number of halogens is 1. The summed E-state index contributed by atoms with van der Waals surface area (Å²) in [6.45, 7) is 5.19. The maximum atomic E-state index is 13.0. The van der Waals surface area contributed by atoms with Crippen LogP contribution in [0, 0.1) is 5.82 Å². The van der Waals surface area contributed by atoms with Gasteiger partial charge in [0, 0.05) is 31.7 Å². The molecule has 0 aromatic heterocycles. The number of carbonyl (C=O) groups is 1. The molecule has 1 saturated heterocycles. The van der Waals surface area contributed by atoms with Gasteiger partial charge in [0.1, 0.15) is 18.2 Å². The minimum absolute atomic E-state index is 0.158. The van der Waals surface area contributed by atoms with E-state index in [1.807, 2.05) is 0 Å². The predicted molar refractivity (Wildman–Crippen MR) is 121 cm³/mol. The van der Waals surface area contributed by atoms with Crippen LogP contribution in [0.4, 0.5) is 4.39 Å². The Hall–Kier alpha value is -3.22. The topological polar surface area (TPSA) is 50.8 Å². The summed E-state index contributed by atoms with van der Waals surface area (Å²) >= 11 is 0. The zero-order chi connectivity index (χ0) is 22.2. The van der Waals surface area contributed by atoms with Crippen molar-refractivity contribution in [3.8, 4) is 5.75 Å². The average molecular weight is 435 g/mol. The molecule has 3 aromatic carbocycles. The van der Waals surface area contributed by atoms with Crippen molar-refractivity contribution in [3.63, 3.8) is 0 Å². The smallest absolute Gasteiger partial charge is 0.251 e. The molecule has 0 unspecified atom stereocenters. The quantitative estimate of drug-likeness (QED) is 0.578. The van der Waals surface area contributed by atoms with Crippen molar-refractivity contribution in [2.45, 2.75) is 19.7 Å². The zero-order valence-electron chi connectivity index (χ0n) is 17.9. The first-order valence-electron chi connectivity index (χ1n) is 10.8. The second-order valence-electron chi connectivity index (χ2n) is 7.83. The lowest BCUT2D eigenvalue weighted by molar-refractivity contribution is 0.0342. The number of morpholine rings is 1. The molecule has 32 heavy (non-hydrogen) atoms. The third-order valence-corrected chi connectivity index (χ3v) is 5.40. The van der Waals surface area contributed by atoms with E-state index in [4.69, 9.17) is 9.47 Å². The first-order valence-corrected chi connectivity index (χ1v) is 10.8. The Morgan fingerprint density at radius 2 is 1.62 bits per heavy atom. The van der Waals surface area contributed by atoms with E-state index in [-0.39, 0.29) is 11.7 Å². The van der Waals surface area contributed by atoms with Crippen LogP contribution in [-0.2, 0) is 24.4 Å². The second-order valence-corrected chi connectivity index (χ2v) is 7.83. The summed E-state index contributed by atoms with van der Waals surface area (Å²) in [5.74, 6) is 0.156. The van der Waals surface area contributed by atoms with E-state index < -0.39 is 0 Å². The van der Waals surface area contributed by atoms with Crippen molar-refractivity contribution in [3.05, 3.63) is 101 Å². The monoisotopic (exact) mass is 434 g/mol. The lowest BCUT2D eigenvalue weighted by Crippen LogP contribution is -2.35. The highest BCUT2D eigenvalue weighted by atomic mass is 19.1. The number of amides is 1. The van der Waals surface area contributed by atoms with Crippen LogP contribution < -0.4 is 10.1 Å². The highest BCUT2D eigenvalue weighted by Crippen LogP contribution is 2.16. The van der Waals surface area contributed by atoms with E-state index in [0.717, 1.165) is 44.0 Å². The number of nitrogens with zero attached hydrogens (tertiary/aromatic N) is 1. The number of ether oxygens (including phenoxy) is 2. The number of carbonyl (C=O) groups excluding carboxylic acids is 1. The molecule has 1 heterocycles. The third kappa shape index (κ3) is 6.39. The first kappa shape index (κ1) is 22.0. The second kappa shape index (κ2) is 10.9. The summed E-state index contributed by atoms with van der Waals surface area (Å²) < 4.78 is 24.1. The zero-order valence-corrected chi connectivity index (χ0v) is 17.9. The highest BCUT2D eigenvalue weighted by molar-refractivity contribution is 5.94. The predicted octanol–water partition coefficient (Wildman–Crippen LogP) is 4.17. The van der Waals surface area contributed by atoms with Crippen molar-refractivity contribution < 1.29 is 18.7 Å². The standard InChI is InChI=1S/C26H27FN2O3/c27-24-10-8-22(9-11-24)19-32-25-3-1-2-23(16-25)26(30)28-17-20-4-6-21(7-5-20)18-29-12-14-31-15-13-29/h1-11,16H,12-15,17-19H2,(H,28,30). The van der Waals surface area contributed by atoms with E-state index >= 15 is 0 Å². The Morgan fingerprint density at radius 3 is 2.38 bits per heavy atom. The summed E-state index contributed by atoms with van der Waals surface area (Å²) in [4.78, 5) is 15.0. The fourth-order valence-electron chi connectivity index (χ4n) is 3.54. The molecule has 0 bridgehead atoms. The molecule has 0 radical (unpaired) electrons. The lowest BCUT2D eigenvalue weighted by atomic mass is 10.1. The Balaban J connectivity index is 1.27. The number of nitrogens with one attached hydrogen (secondary N) is 1. The molecule has 4 rings (SSSR count). The third-order valence-electron chi connectivity index (χ3n) is 5.40. The van der Waals surface area contributed by atoms with E-state index in [2.05, 4.69) is 34.5 Å². The van der Waals surface area contributed by atoms with E-state index in [9.17, 15) is 9.18 Å². The van der Waals surface area contributed by atoms with Crippen LogP contribution in [0.3, 0.4) is 0 Å². The Morgan fingerprint density at radius 1 is 0.938 bits per heavy atom. The Kier molecular flexibility index (Phi) is 7.48. The van der Waals surface area contributed by atoms with Crippen LogP contribution in [0.15, 0.2) is 72.8 Å². The molecule has 6 heteroatoms. The van der Waals surface area contributed by atoms with E-state index in [1.165, 1.54) is 17.7 Å². The van der Waals surface area contributed by atoms with Crippen molar-refractivity contribution in [2.24, 2.45) is 0 Å². The van der Waals surface area contributed by atoms with Gasteiger partial charge in [-0.3, -0.25) is 9.69 Å². The number of hydrogen-bond acceptors (Lipinski definition) is 4. The van der Waals surface area contributed by atoms with Gasteiger partial charge in [-0.15, -0.1) is 0 Å². The summed E-state index contributed by atoms with van der Waals surface area (Å²) in [5, 5.41) is 2.96. The van der Waals surface area contributed by atoms with Gasteiger partial charge >= 0.3 is 0 Å². The van der Waals surface area contributed by atoms with Crippen molar-refractivity contribution in [1.82, 2.24) is 10.2 Å². The van der Waals surface area contributed by atoms with Crippen molar-refractivity contribution in [1.29, 1.82) is 0 Å². The molecule has 1 amide bonds. The van der Waals surface area contributed by atoms with Gasteiger partial charge in [0.2, 0.25) is 0 Å². The average Bonchev–Trinajstić information content (AvgIpc) is 2.84. The molecule has 1 fully saturated rings. The van der Waals surface area contributed by atoms with Gasteiger partial charge in [0.05, 0.1) is 13.2 Å². The van der Waals surface area contributed by atoms with E-state index in [0.29, 0.717) is 24.5 Å². The van der Waals surface area contributed by atoms with Crippen LogP contribution in [0.25, 0.3) is 0 Å². The van der Waals surface area contributed by atoms with E-state index in [1.54, 1.807) is 36.4 Å². The van der Waals surface area contributed by atoms with Gasteiger partial charge in [-0.25, -0.2) is 4.39 Å². The first-order chi connectivity index (χ1) is 15.7. The van der Waals surface area contributed by atoms with Gasteiger partial charge in [-0.05, 0) is 47.0 Å². The SMILES string of the molecule is O=C(NCc1ccc(CN2CCOCC2)cc1)c1cccc(OCc2ccc(F)cc2)c1. The molecule has 1 N–H and O–H groups in total. The number of benzene rings is 3. The fraction of sp³-hybridized carbons (Fsp3) is 0.269. The summed E-state index contributed by atoms with van der Waals surface area (Å²) in [7, 11) is 0. The number of rotatable bonds is 8. The van der Waals surface area contributed by atoms with Gasteiger partial charge in [0.15, 0.2) is 0 Å². The van der Waals surface area contributed by atoms with Gasteiger partial charge < -0.3 is 14.8 Å². The molecule has 0 saturated carbocycles. The van der Waals surface area contributed by atoms with Crippen molar-refractivity contribution in [2.75, 3.05) is 26.3 Å². The molecule has 166 valence electrons. The molecule has 1 aliphatic heterocycles. The maximum absolute atomic E-state index is 13.0. The summed E-state index contributed by atoms with van der Waals surface area (Å²) in [6.07, 6.45) is 0. The van der Waals surface area contributed by atoms with Crippen LogP contribution in [-0.4, -0.2) is 37.1 Å². The lowest BCUT2D eigenvalue weighted by Gasteiger charge is -2.26. The molecule has 3 aromatic rings. The largest absolute Gasteiger partial charge is 0.489 e. The Bertz CT molecular complexity index is 1020. The molecule has 5 nitrogen and oxygen atoms in total. The summed E-state index contributed by atoms with van der Waals surface area (Å²) in [6, 6.07) is 21.5. The maximum Gasteiger partial charge on any atom is 0.251 e. The van der Waals surface area contributed by atoms with Crippen LogP contribution in [0.2, 0.25) is 0 Å². The molecule has 0 spiro atoms. The molecular weight excluding hydrogens is 407 g/mol. The van der Waals surface area contributed by atoms with Gasteiger partial charge in [-0.2, -0.15) is 0 Å². The van der Waals surface area contributed by atoms with Crippen LogP contribution >= 0.6 is 0 Å². The molecular formula is C26H27FN2O3. The fourth-order valence-corrected chi connectivity index (χ4v) is 3.54. The van der Waals surface area contributed by atoms with Crippen LogP contribution in [0.5, 0.6) is 5.75 Å². The highest BCUT2D eigenvalue weighted by Gasteiger charge is 2.11. The van der Waals surface area contributed by atoms with Crippen LogP contribution in [0.1, 0.15) is 27.0 Å². The van der Waals surface area contributed by atoms with Gasteiger partial charge in [-0.1, -0.05) is 42.5 Å². The normalized spacial score (nSPS) is 14.2. The molecule has 1 aliphatic rings. The number of hydrogen-bond donors (Lipinski definition) is 1. The van der Waals surface area contributed by atoms with Gasteiger partial charge in [0.25, 0.3) is 5.91 Å². The summed E-state index contributed by atoms with van der Waals surface area (Å²) in [5.41, 5.74) is 3.70. The minimum Gasteiger partial charge on any atom is -0.489 e. The minimum atomic E-state index is -0.279.